The van der Waals surface area contributed by atoms with Crippen LogP contribution >= 0.6 is 0 Å². The molecule has 0 aliphatic heterocycles. The predicted molar refractivity (Wildman–Crippen MR) is 255 cm³/mol. The van der Waals surface area contributed by atoms with Crippen LogP contribution < -0.4 is 34.4 Å². The average molecular weight is 1200 g/mol. The van der Waals surface area contributed by atoms with Gasteiger partial charge in [-0.05, 0) is 36.4 Å². The molecule has 1 radical (unpaired) electrons. The van der Waals surface area contributed by atoms with E-state index < -0.39 is 30.7 Å². The zero-order valence-electron chi connectivity index (χ0n) is 32.0. The minimum absolute atomic E-state index is 0. The van der Waals surface area contributed by atoms with Gasteiger partial charge in [0.2, 0.25) is 0 Å². The van der Waals surface area contributed by atoms with E-state index in [-0.39, 0.29) is 41.5 Å². The maximum absolute atomic E-state index is 10.6. The Morgan fingerprint density at radius 2 is 0.355 bits per heavy atom. The van der Waals surface area contributed by atoms with Crippen molar-refractivity contribution in [3.05, 3.63) is 179 Å². The zero-order chi connectivity index (χ0) is 45.4. The molecule has 12 nitrogen and oxygen atoms in total. The fraction of sp³-hybridized carbons (Fsp3) is 0. The maximum Gasteiger partial charge on any atom is 6.00 e. The molecule has 0 amide bonds. The van der Waals surface area contributed by atoms with Crippen molar-refractivity contribution >= 4 is 141 Å². The fourth-order valence-corrected chi connectivity index (χ4v) is 5.21. The van der Waals surface area contributed by atoms with Gasteiger partial charge in [-0.25, -0.2) is 0 Å². The van der Waals surface area contributed by atoms with Crippen LogP contribution in [0.2, 0.25) is 0 Å². The smallest absolute Gasteiger partial charge is 0.737 e. The van der Waals surface area contributed by atoms with Gasteiger partial charge in [-0.3, -0.25) is 0 Å². The normalized spacial score (nSPS) is 8.90. The molecule has 0 bridgehead atoms. The van der Waals surface area contributed by atoms with Gasteiger partial charge in [0.25, 0.3) is 0 Å². The minimum Gasteiger partial charge on any atom is -0.737 e. The minimum atomic E-state index is -0.405. The summed E-state index contributed by atoms with van der Waals surface area (Å²) in [5.74, 6) is 0. The predicted octanol–water partition coefficient (Wildman–Crippen LogP) is 5.73. The van der Waals surface area contributed by atoms with Crippen LogP contribution in [0.1, 0.15) is 62.1 Å². The zero-order valence-corrected chi connectivity index (χ0v) is 41.6. The molecule has 62 heavy (non-hydrogen) atoms. The third-order valence-electron chi connectivity index (χ3n) is 7.08. The summed E-state index contributed by atoms with van der Waals surface area (Å²) in [5.41, 5.74) is 37.8. The van der Waals surface area contributed by atoms with Crippen molar-refractivity contribution < 1.29 is 70.3 Å². The van der Waals surface area contributed by atoms with Crippen molar-refractivity contribution in [1.29, 1.82) is 0 Å². The number of nitrogens with two attached hydrogens (primary N) is 6. The van der Waals surface area contributed by atoms with E-state index in [1.165, 1.54) is 0 Å². The molecule has 12 N–H and O–H groups in total. The summed E-state index contributed by atoms with van der Waals surface area (Å²) in [5, 5.41) is -2.43. The van der Waals surface area contributed by atoms with E-state index in [4.69, 9.17) is 34.4 Å². The molecule has 0 atom stereocenters. The number of hydrogen-bond acceptors (Lipinski definition) is 18. The van der Waals surface area contributed by atoms with Crippen molar-refractivity contribution in [2.75, 3.05) is 34.4 Å². The first-order valence-electron chi connectivity index (χ1n) is 16.6. The Morgan fingerprint density at radius 3 is 0.419 bits per heavy atom. The van der Waals surface area contributed by atoms with Crippen LogP contribution in [0.4, 0.5) is 34.1 Å². The van der Waals surface area contributed by atoms with Crippen LogP contribution in [0.15, 0.2) is 146 Å². The number of carbonyl (C=O) groups excluding carboxylic acids is 6. The van der Waals surface area contributed by atoms with Gasteiger partial charge in [-0.1, -0.05) is 109 Å². The summed E-state index contributed by atoms with van der Waals surface area (Å²) in [6, 6.07) is 40.6. The Hall–Kier alpha value is -5.19. The summed E-state index contributed by atoms with van der Waals surface area (Å²) in [6.45, 7) is 0. The van der Waals surface area contributed by atoms with Gasteiger partial charge in [0.15, 0.2) is 0 Å². The molecular weight excluding hydrogens is 1160 g/mol. The second kappa shape index (κ2) is 31.6. The molecule has 0 aromatic heterocycles. The SMILES string of the molecule is Nc1ccccc1C(=O)[S-].Nc1ccccc1C(=O)[S-].Nc1ccccc1C(=O)[S-].Nc1ccccc1C(=O)[S-].Nc1ccccc1C(=O)[S-].Nc1ccccc1C(=O)[S-].[Mo].[Re+6]. The molecule has 6 aromatic carbocycles. The molecule has 6 rings (SSSR count). The molecule has 0 aliphatic carbocycles. The van der Waals surface area contributed by atoms with Crippen LogP contribution in [0.25, 0.3) is 0 Å². The van der Waals surface area contributed by atoms with E-state index in [1.807, 2.05) is 0 Å². The van der Waals surface area contributed by atoms with Crippen LogP contribution in [-0.2, 0) is 117 Å². The van der Waals surface area contributed by atoms with Crippen LogP contribution in [0.5, 0.6) is 0 Å². The van der Waals surface area contributed by atoms with Crippen LogP contribution in [-0.4, -0.2) is 30.7 Å². The Labute approximate surface area is 420 Å². The van der Waals surface area contributed by atoms with Crippen molar-refractivity contribution in [3.63, 3.8) is 0 Å². The van der Waals surface area contributed by atoms with E-state index in [0.29, 0.717) is 67.5 Å². The first kappa shape index (κ1) is 58.9. The van der Waals surface area contributed by atoms with E-state index in [9.17, 15) is 28.8 Å². The molecular formula is C42H36MoN6O6ReS6. The van der Waals surface area contributed by atoms with Crippen molar-refractivity contribution in [2.45, 2.75) is 0 Å². The molecule has 0 fully saturated rings. The van der Waals surface area contributed by atoms with Gasteiger partial charge in [0.05, 0.1) is 0 Å². The summed E-state index contributed by atoms with van der Waals surface area (Å²) in [6.07, 6.45) is 0. The third-order valence-corrected chi connectivity index (χ3v) is 8.40. The first-order valence-corrected chi connectivity index (χ1v) is 19.1. The van der Waals surface area contributed by atoms with Gasteiger partial charge >= 0.3 is 20.4 Å². The molecule has 20 heteroatoms. The molecule has 319 valence electrons. The van der Waals surface area contributed by atoms with Crippen LogP contribution in [0, 0.1) is 0 Å². The van der Waals surface area contributed by atoms with E-state index >= 15 is 0 Å². The Kier molecular flexibility index (Phi) is 30.0. The first-order chi connectivity index (χ1) is 28.3. The number of carbonyl (C=O) groups is 6. The van der Waals surface area contributed by atoms with Crippen molar-refractivity contribution in [1.82, 2.24) is 0 Å². The quantitative estimate of drug-likeness (QED) is 0.0661. The van der Waals surface area contributed by atoms with Gasteiger partial charge in [-0.15, -0.1) is 0 Å². The number of rotatable bonds is 6. The molecule has 6 aromatic rings. The molecule has 0 aliphatic rings. The fourth-order valence-electron chi connectivity index (χ4n) is 4.10. The van der Waals surface area contributed by atoms with E-state index in [2.05, 4.69) is 75.8 Å². The van der Waals surface area contributed by atoms with Crippen molar-refractivity contribution in [3.8, 4) is 0 Å². The summed E-state index contributed by atoms with van der Waals surface area (Å²) in [7, 11) is 0. The standard InChI is InChI=1S/6C7H7NOS.Mo.Re/c6*8-6-4-2-1-3-5(6)7(9)10;;/h6*1-4H,8H2,(H,9,10);;/q;;;;;;;+6/p-6. The average Bonchev–Trinajstić information content (AvgIpc) is 3.19. The number of anilines is 6. The summed E-state index contributed by atoms with van der Waals surface area (Å²) in [4.78, 5) is 63.6. The van der Waals surface area contributed by atoms with Gasteiger partial charge in [0.1, 0.15) is 0 Å². The third kappa shape index (κ3) is 22.1. The van der Waals surface area contributed by atoms with Gasteiger partial charge < -0.3 is 139 Å². The maximum atomic E-state index is 10.6. The monoisotopic (exact) mass is 1200 g/mol. The summed E-state index contributed by atoms with van der Waals surface area (Å²) >= 11 is 26.5. The Bertz CT molecular complexity index is 2000. The molecule has 0 saturated carbocycles. The van der Waals surface area contributed by atoms with Crippen molar-refractivity contribution in [2.24, 2.45) is 0 Å². The number of para-hydroxylation sites is 6. The van der Waals surface area contributed by atoms with Gasteiger partial charge in [0, 0.05) is 119 Å². The molecule has 0 saturated heterocycles. The Balaban J connectivity index is 0. The largest absolute Gasteiger partial charge is 6.00 e. The molecule has 0 heterocycles. The second-order valence-corrected chi connectivity index (χ2v) is 13.5. The topological polar surface area (TPSA) is 259 Å². The summed E-state index contributed by atoms with van der Waals surface area (Å²) < 4.78 is 0. The van der Waals surface area contributed by atoms with E-state index in [0.717, 1.165) is 0 Å². The number of hydrogen-bond donors (Lipinski definition) is 6. The Morgan fingerprint density at radius 1 is 0.258 bits per heavy atom. The second-order valence-electron chi connectivity index (χ2n) is 11.2. The van der Waals surface area contributed by atoms with Crippen LogP contribution in [0.3, 0.4) is 0 Å². The van der Waals surface area contributed by atoms with Gasteiger partial charge in [-0.2, -0.15) is 0 Å². The number of benzene rings is 6. The number of nitrogen functional groups attached to an aromatic ring is 6. The molecule has 0 unspecified atom stereocenters. The van der Waals surface area contributed by atoms with E-state index in [1.54, 1.807) is 146 Å². The molecule has 0 spiro atoms.